The van der Waals surface area contributed by atoms with Crippen molar-refractivity contribution < 1.29 is 0 Å². The number of nitrogens with zero attached hydrogens (tertiary/aromatic N) is 3. The first kappa shape index (κ1) is 14.3. The van der Waals surface area contributed by atoms with Gasteiger partial charge in [-0.3, -0.25) is 0 Å². The number of hydrogen-bond acceptors (Lipinski definition) is 4. The van der Waals surface area contributed by atoms with Crippen molar-refractivity contribution in [2.24, 2.45) is 5.92 Å². The van der Waals surface area contributed by atoms with Crippen LogP contribution in [0.3, 0.4) is 0 Å². The molecule has 4 heteroatoms. The number of hydrogen-bond donors (Lipinski definition) is 1. The maximum atomic E-state index is 4.40. The third-order valence-electron chi connectivity index (χ3n) is 3.91. The second-order valence-electron chi connectivity index (χ2n) is 5.82. The van der Waals surface area contributed by atoms with E-state index in [-0.39, 0.29) is 0 Å². The summed E-state index contributed by atoms with van der Waals surface area (Å²) in [6.45, 7) is 7.65. The van der Waals surface area contributed by atoms with Gasteiger partial charge >= 0.3 is 0 Å². The van der Waals surface area contributed by atoms with Crippen molar-refractivity contribution in [3.8, 4) is 0 Å². The average Bonchev–Trinajstić information content (AvgIpc) is 2.45. The lowest BCUT2D eigenvalue weighted by Crippen LogP contribution is -2.37. The number of anilines is 1. The summed E-state index contributed by atoms with van der Waals surface area (Å²) in [6, 6.07) is 4.24. The van der Waals surface area contributed by atoms with Crippen LogP contribution in [0.25, 0.3) is 0 Å². The Hall–Kier alpha value is -1.16. The van der Waals surface area contributed by atoms with Crippen molar-refractivity contribution >= 4 is 5.82 Å². The molecule has 1 unspecified atom stereocenters. The molecule has 0 spiro atoms. The van der Waals surface area contributed by atoms with Gasteiger partial charge in [0, 0.05) is 13.1 Å². The molecule has 0 saturated carbocycles. The minimum Gasteiger partial charge on any atom is -0.355 e. The molecular weight excluding hydrogens is 236 g/mol. The van der Waals surface area contributed by atoms with Gasteiger partial charge < -0.3 is 10.2 Å². The maximum Gasteiger partial charge on any atom is 0.151 e. The lowest BCUT2D eigenvalue weighted by Gasteiger charge is -2.33. The minimum atomic E-state index is 0.450. The number of nitrogens with one attached hydrogen (secondary N) is 1. The highest BCUT2D eigenvalue weighted by molar-refractivity contribution is 5.38. The summed E-state index contributed by atoms with van der Waals surface area (Å²) in [5, 5.41) is 12.0. The van der Waals surface area contributed by atoms with Crippen LogP contribution in [0.2, 0.25) is 0 Å². The van der Waals surface area contributed by atoms with Gasteiger partial charge in [0.2, 0.25) is 0 Å². The molecule has 1 aromatic heterocycles. The fraction of sp³-hybridized carbons (Fsp3) is 0.733. The first-order chi connectivity index (χ1) is 9.20. The van der Waals surface area contributed by atoms with Gasteiger partial charge in [0.1, 0.15) is 0 Å². The molecule has 0 amide bonds. The van der Waals surface area contributed by atoms with Gasteiger partial charge in [-0.05, 0) is 56.8 Å². The average molecular weight is 262 g/mol. The molecule has 1 fully saturated rings. The van der Waals surface area contributed by atoms with Gasteiger partial charge in [0.05, 0.1) is 5.69 Å². The Bertz CT molecular complexity index is 374. The van der Waals surface area contributed by atoms with Gasteiger partial charge in [-0.15, -0.1) is 5.10 Å². The first-order valence-corrected chi connectivity index (χ1v) is 7.44. The van der Waals surface area contributed by atoms with E-state index in [2.05, 4.69) is 46.4 Å². The highest BCUT2D eigenvalue weighted by Crippen LogP contribution is 2.23. The normalized spacial score (nSPS) is 20.0. The van der Waals surface area contributed by atoms with Crippen LogP contribution in [-0.2, 0) is 0 Å². The van der Waals surface area contributed by atoms with Crippen molar-refractivity contribution in [2.45, 2.75) is 39.0 Å². The lowest BCUT2D eigenvalue weighted by molar-refractivity contribution is 0.385. The summed E-state index contributed by atoms with van der Waals surface area (Å²) < 4.78 is 0. The quantitative estimate of drug-likeness (QED) is 0.885. The van der Waals surface area contributed by atoms with E-state index in [1.54, 1.807) is 0 Å². The molecule has 1 aliphatic rings. The molecule has 19 heavy (non-hydrogen) atoms. The Kier molecular flexibility index (Phi) is 5.14. The van der Waals surface area contributed by atoms with Crippen molar-refractivity contribution in [1.29, 1.82) is 0 Å². The zero-order valence-electron chi connectivity index (χ0n) is 12.4. The van der Waals surface area contributed by atoms with E-state index in [1.807, 2.05) is 7.05 Å². The van der Waals surface area contributed by atoms with Crippen LogP contribution in [0.5, 0.6) is 0 Å². The van der Waals surface area contributed by atoms with E-state index in [1.165, 1.54) is 19.3 Å². The fourth-order valence-electron chi connectivity index (χ4n) is 2.67. The second-order valence-corrected chi connectivity index (χ2v) is 5.82. The predicted molar refractivity (Wildman–Crippen MR) is 79.6 cm³/mol. The van der Waals surface area contributed by atoms with Gasteiger partial charge in [-0.25, -0.2) is 0 Å². The Morgan fingerprint density at radius 1 is 1.37 bits per heavy atom. The van der Waals surface area contributed by atoms with Crippen LogP contribution in [0.4, 0.5) is 5.82 Å². The number of piperidine rings is 1. The monoisotopic (exact) mass is 262 g/mol. The Balaban J connectivity index is 1.96. The summed E-state index contributed by atoms with van der Waals surface area (Å²) in [5.74, 6) is 2.28. The molecule has 1 saturated heterocycles. The highest BCUT2D eigenvalue weighted by Gasteiger charge is 2.20. The zero-order valence-corrected chi connectivity index (χ0v) is 12.4. The van der Waals surface area contributed by atoms with Crippen LogP contribution in [-0.4, -0.2) is 36.9 Å². The van der Waals surface area contributed by atoms with Gasteiger partial charge in [0.15, 0.2) is 5.82 Å². The Labute approximate surface area is 116 Å². The summed E-state index contributed by atoms with van der Waals surface area (Å²) in [6.07, 6.45) is 3.86. The topological polar surface area (TPSA) is 41.0 Å². The smallest absolute Gasteiger partial charge is 0.151 e. The summed E-state index contributed by atoms with van der Waals surface area (Å²) in [4.78, 5) is 2.39. The van der Waals surface area contributed by atoms with Crippen LogP contribution in [0, 0.1) is 5.92 Å². The van der Waals surface area contributed by atoms with Crippen molar-refractivity contribution in [3.05, 3.63) is 17.8 Å². The number of rotatable bonds is 5. The van der Waals surface area contributed by atoms with E-state index < -0.39 is 0 Å². The molecule has 1 N–H and O–H groups in total. The third kappa shape index (κ3) is 3.90. The summed E-state index contributed by atoms with van der Waals surface area (Å²) in [7, 11) is 2.02. The molecule has 106 valence electrons. The largest absolute Gasteiger partial charge is 0.355 e. The first-order valence-electron chi connectivity index (χ1n) is 7.44. The summed E-state index contributed by atoms with van der Waals surface area (Å²) >= 11 is 0. The molecule has 1 atom stereocenters. The highest BCUT2D eigenvalue weighted by atomic mass is 15.3. The fourth-order valence-corrected chi connectivity index (χ4v) is 2.67. The molecular formula is C15H26N4. The van der Waals surface area contributed by atoms with Crippen molar-refractivity contribution in [2.75, 3.05) is 31.6 Å². The Morgan fingerprint density at radius 2 is 2.21 bits per heavy atom. The number of aromatic nitrogens is 2. The minimum absolute atomic E-state index is 0.450. The van der Waals surface area contributed by atoms with Crippen molar-refractivity contribution in [1.82, 2.24) is 15.5 Å². The van der Waals surface area contributed by atoms with Crippen LogP contribution in [0.1, 0.15) is 44.7 Å². The molecule has 2 rings (SSSR count). The van der Waals surface area contributed by atoms with Crippen LogP contribution in [0.15, 0.2) is 12.1 Å². The molecule has 1 aromatic rings. The van der Waals surface area contributed by atoms with Gasteiger partial charge in [-0.2, -0.15) is 5.10 Å². The second kappa shape index (κ2) is 6.85. The summed E-state index contributed by atoms with van der Waals surface area (Å²) in [5.41, 5.74) is 1.08. The van der Waals surface area contributed by atoms with E-state index in [4.69, 9.17) is 0 Å². The maximum absolute atomic E-state index is 4.40. The zero-order chi connectivity index (χ0) is 13.7. The molecule has 0 aliphatic carbocycles. The third-order valence-corrected chi connectivity index (χ3v) is 3.91. The standard InChI is InChI=1S/C15H26N4/c1-12(2)14-6-7-15(18-17-14)19-10-4-5-13(11-19)8-9-16-3/h6-7,12-13,16H,4-5,8-11H2,1-3H3. The molecule has 4 nitrogen and oxygen atoms in total. The van der Waals surface area contributed by atoms with E-state index in [0.29, 0.717) is 5.92 Å². The van der Waals surface area contributed by atoms with E-state index in [9.17, 15) is 0 Å². The van der Waals surface area contributed by atoms with Crippen LogP contribution >= 0.6 is 0 Å². The predicted octanol–water partition coefficient (Wildman–Crippen LogP) is 2.43. The molecule has 2 heterocycles. The van der Waals surface area contributed by atoms with Crippen LogP contribution < -0.4 is 10.2 Å². The molecule has 0 bridgehead atoms. The van der Waals surface area contributed by atoms with Crippen molar-refractivity contribution in [3.63, 3.8) is 0 Å². The lowest BCUT2D eigenvalue weighted by atomic mass is 9.95. The van der Waals surface area contributed by atoms with E-state index in [0.717, 1.165) is 37.1 Å². The SMILES string of the molecule is CNCCC1CCCN(c2ccc(C(C)C)nn2)C1. The molecule has 1 aliphatic heterocycles. The Morgan fingerprint density at radius 3 is 2.84 bits per heavy atom. The van der Waals surface area contributed by atoms with E-state index >= 15 is 0 Å². The van der Waals surface area contributed by atoms with Gasteiger partial charge in [0.25, 0.3) is 0 Å². The molecule has 0 aromatic carbocycles. The molecule has 0 radical (unpaired) electrons. The van der Waals surface area contributed by atoms with Gasteiger partial charge in [-0.1, -0.05) is 13.8 Å².